The Morgan fingerprint density at radius 1 is 0.750 bits per heavy atom. The molecule has 0 fully saturated rings. The molecule has 0 spiro atoms. The highest BCUT2D eigenvalue weighted by molar-refractivity contribution is 7.94. The van der Waals surface area contributed by atoms with Gasteiger partial charge in [-0.25, -0.2) is 25.4 Å². The van der Waals surface area contributed by atoms with Crippen molar-refractivity contribution in [3.05, 3.63) is 83.9 Å². The van der Waals surface area contributed by atoms with Gasteiger partial charge in [0, 0.05) is 0 Å². The smallest absolute Gasteiger partial charge is 0.310 e. The van der Waals surface area contributed by atoms with E-state index in [1.807, 2.05) is 13.8 Å². The quantitative estimate of drug-likeness (QED) is 0.422. The molecule has 0 saturated carbocycles. The average molecular weight is 529 g/mol. The van der Waals surface area contributed by atoms with E-state index in [4.69, 9.17) is 4.74 Å². The number of rotatable bonds is 7. The second kappa shape index (κ2) is 9.25. The summed E-state index contributed by atoms with van der Waals surface area (Å²) in [5, 5.41) is 0. The van der Waals surface area contributed by atoms with Crippen LogP contribution in [0.1, 0.15) is 31.4 Å². The maximum absolute atomic E-state index is 14.1. The Hall–Kier alpha value is -3.37. The van der Waals surface area contributed by atoms with Crippen LogP contribution in [0.2, 0.25) is 0 Å². The molecule has 1 aliphatic rings. The van der Waals surface area contributed by atoms with E-state index >= 15 is 0 Å². The molecule has 3 aromatic rings. The number of hydrogen-bond donors (Lipinski definition) is 0. The first kappa shape index (κ1) is 25.7. The lowest BCUT2D eigenvalue weighted by Crippen LogP contribution is -2.59. The van der Waals surface area contributed by atoms with Gasteiger partial charge in [-0.2, -0.15) is 0 Å². The highest BCUT2D eigenvalue weighted by Crippen LogP contribution is 2.51. The number of carbonyl (C=O) groups is 1. The van der Waals surface area contributed by atoms with Crippen molar-refractivity contribution in [3.8, 4) is 0 Å². The average Bonchev–Trinajstić information content (AvgIpc) is 3.08. The van der Waals surface area contributed by atoms with Crippen molar-refractivity contribution >= 4 is 37.4 Å². The minimum atomic E-state index is -4.30. The van der Waals surface area contributed by atoms with Gasteiger partial charge in [-0.05, 0) is 64.1 Å². The molecule has 190 valence electrons. The van der Waals surface area contributed by atoms with E-state index in [2.05, 4.69) is 0 Å². The number of esters is 1. The number of sulfonamides is 2. The summed E-state index contributed by atoms with van der Waals surface area (Å²) in [5.74, 6) is -0.721. The van der Waals surface area contributed by atoms with Crippen molar-refractivity contribution in [2.75, 3.05) is 15.2 Å². The first-order valence-electron chi connectivity index (χ1n) is 11.4. The second-order valence-corrected chi connectivity index (χ2v) is 12.4. The Bertz CT molecular complexity index is 1400. The molecule has 0 atom stereocenters. The van der Waals surface area contributed by atoms with Crippen LogP contribution in [0, 0.1) is 13.8 Å². The van der Waals surface area contributed by atoms with E-state index in [0.717, 1.165) is 19.7 Å². The van der Waals surface area contributed by atoms with Gasteiger partial charge in [-0.1, -0.05) is 47.5 Å². The predicted molar refractivity (Wildman–Crippen MR) is 138 cm³/mol. The predicted octanol–water partition coefficient (Wildman–Crippen LogP) is 4.38. The summed E-state index contributed by atoms with van der Waals surface area (Å²) in [4.78, 5) is 12.8. The molecular weight excluding hydrogens is 500 g/mol. The molecule has 0 amide bonds. The molecule has 0 aliphatic carbocycles. The number of carbonyl (C=O) groups excluding carboxylic acids is 1. The number of ether oxygens (including phenoxy) is 1. The molecule has 0 aromatic heterocycles. The van der Waals surface area contributed by atoms with Gasteiger partial charge in [0.05, 0.1) is 34.2 Å². The van der Waals surface area contributed by atoms with Crippen molar-refractivity contribution in [2.24, 2.45) is 0 Å². The third kappa shape index (κ3) is 4.24. The fourth-order valence-electron chi connectivity index (χ4n) is 4.45. The molecule has 8 nitrogen and oxygen atoms in total. The van der Waals surface area contributed by atoms with Gasteiger partial charge in [-0.3, -0.25) is 4.79 Å². The van der Waals surface area contributed by atoms with Gasteiger partial charge >= 0.3 is 5.97 Å². The Kier molecular flexibility index (Phi) is 6.61. The summed E-state index contributed by atoms with van der Waals surface area (Å²) in [6.07, 6.45) is -0.522. The minimum Gasteiger partial charge on any atom is -0.466 e. The molecule has 0 bridgehead atoms. The summed E-state index contributed by atoms with van der Waals surface area (Å²) < 4.78 is 63.5. The Balaban J connectivity index is 1.99. The van der Waals surface area contributed by atoms with Crippen molar-refractivity contribution in [1.82, 2.24) is 0 Å². The Morgan fingerprint density at radius 2 is 1.14 bits per heavy atom. The third-order valence-electron chi connectivity index (χ3n) is 6.10. The fraction of sp³-hybridized carbons (Fsp3) is 0.269. The largest absolute Gasteiger partial charge is 0.466 e. The first-order chi connectivity index (χ1) is 16.9. The summed E-state index contributed by atoms with van der Waals surface area (Å²) in [6.45, 7) is 6.80. The van der Waals surface area contributed by atoms with Crippen molar-refractivity contribution < 1.29 is 26.4 Å². The van der Waals surface area contributed by atoms with Gasteiger partial charge in [-0.15, -0.1) is 0 Å². The zero-order valence-electron chi connectivity index (χ0n) is 20.5. The zero-order valence-corrected chi connectivity index (χ0v) is 22.1. The van der Waals surface area contributed by atoms with Gasteiger partial charge in [0.25, 0.3) is 20.0 Å². The SMILES string of the molecule is CCOC(=O)CC1(C)N(S(=O)(=O)c2ccc(C)cc2)c2ccccc2N1S(=O)(=O)c1ccc(C)cc1. The second-order valence-electron chi connectivity index (χ2n) is 8.85. The lowest BCUT2D eigenvalue weighted by molar-refractivity contribution is -0.144. The lowest BCUT2D eigenvalue weighted by Gasteiger charge is -2.40. The summed E-state index contributed by atoms with van der Waals surface area (Å²) in [7, 11) is -8.60. The van der Waals surface area contributed by atoms with Crippen LogP contribution in [0.3, 0.4) is 0 Å². The third-order valence-corrected chi connectivity index (χ3v) is 9.97. The number of aryl methyl sites for hydroxylation is 2. The van der Waals surface area contributed by atoms with Gasteiger partial charge in [0.2, 0.25) is 0 Å². The summed E-state index contributed by atoms with van der Waals surface area (Å²) in [5.41, 5.74) is 0.187. The van der Waals surface area contributed by atoms with Crippen molar-refractivity contribution in [3.63, 3.8) is 0 Å². The molecule has 1 aliphatic heterocycles. The highest BCUT2D eigenvalue weighted by atomic mass is 32.2. The van der Waals surface area contributed by atoms with E-state index in [1.54, 1.807) is 43.3 Å². The molecule has 0 unspecified atom stereocenters. The number of benzene rings is 3. The summed E-state index contributed by atoms with van der Waals surface area (Å²) >= 11 is 0. The molecule has 10 heteroatoms. The van der Waals surface area contributed by atoms with Crippen molar-refractivity contribution in [2.45, 2.75) is 49.6 Å². The number of hydrogen-bond acceptors (Lipinski definition) is 6. The van der Waals surface area contributed by atoms with Crippen LogP contribution in [0.25, 0.3) is 0 Å². The van der Waals surface area contributed by atoms with E-state index in [0.29, 0.717) is 0 Å². The molecule has 3 aromatic carbocycles. The Morgan fingerprint density at radius 3 is 1.50 bits per heavy atom. The molecule has 36 heavy (non-hydrogen) atoms. The van der Waals surface area contributed by atoms with Crippen LogP contribution < -0.4 is 8.61 Å². The monoisotopic (exact) mass is 528 g/mol. The van der Waals surface area contributed by atoms with E-state index in [-0.39, 0.29) is 27.8 Å². The van der Waals surface area contributed by atoms with Crippen LogP contribution >= 0.6 is 0 Å². The fourth-order valence-corrected chi connectivity index (χ4v) is 8.03. The standard InChI is InChI=1S/C26H28N2O6S2/c1-5-34-25(29)18-26(4)27(35(30,31)21-14-10-19(2)11-15-21)23-8-6-7-9-24(23)28(26)36(32,33)22-16-12-20(3)13-17-22/h6-17H,5,18H2,1-4H3. The van der Waals surface area contributed by atoms with E-state index in [9.17, 15) is 21.6 Å². The maximum Gasteiger partial charge on any atom is 0.310 e. The number of anilines is 2. The molecule has 0 radical (unpaired) electrons. The van der Waals surface area contributed by atoms with Crippen LogP contribution in [0.5, 0.6) is 0 Å². The molecule has 4 rings (SSSR count). The molecule has 1 heterocycles. The lowest BCUT2D eigenvalue weighted by atomic mass is 10.1. The number of nitrogens with zero attached hydrogens (tertiary/aromatic N) is 2. The van der Waals surface area contributed by atoms with Crippen LogP contribution in [-0.2, 0) is 29.6 Å². The minimum absolute atomic E-state index is 0.0208. The molecule has 0 saturated heterocycles. The summed E-state index contributed by atoms with van der Waals surface area (Å²) in [6, 6.07) is 18.9. The van der Waals surface area contributed by atoms with E-state index in [1.165, 1.54) is 43.3 Å². The topological polar surface area (TPSA) is 101 Å². The molecular formula is C26H28N2O6S2. The van der Waals surface area contributed by atoms with E-state index < -0.39 is 38.1 Å². The van der Waals surface area contributed by atoms with Gasteiger partial charge in [0.1, 0.15) is 0 Å². The molecule has 0 N–H and O–H groups in total. The first-order valence-corrected chi connectivity index (χ1v) is 14.3. The number of fused-ring (bicyclic) bond motifs is 1. The van der Waals surface area contributed by atoms with Crippen LogP contribution in [-0.4, -0.2) is 35.1 Å². The maximum atomic E-state index is 14.1. The van der Waals surface area contributed by atoms with Crippen molar-refractivity contribution in [1.29, 1.82) is 0 Å². The van der Waals surface area contributed by atoms with Gasteiger partial charge in [0.15, 0.2) is 5.66 Å². The Labute approximate surface area is 212 Å². The normalized spacial score (nSPS) is 15.0. The number of para-hydroxylation sites is 2. The van der Waals surface area contributed by atoms with Crippen LogP contribution in [0.15, 0.2) is 82.6 Å². The highest BCUT2D eigenvalue weighted by Gasteiger charge is 2.57. The van der Waals surface area contributed by atoms with Gasteiger partial charge < -0.3 is 4.74 Å². The zero-order chi connectivity index (χ0) is 26.3. The van der Waals surface area contributed by atoms with Crippen LogP contribution in [0.4, 0.5) is 11.4 Å².